The van der Waals surface area contributed by atoms with Gasteiger partial charge in [0.1, 0.15) is 17.5 Å². The van der Waals surface area contributed by atoms with Crippen molar-refractivity contribution in [1.82, 2.24) is 15.2 Å². The Labute approximate surface area is 198 Å². The lowest BCUT2D eigenvalue weighted by Gasteiger charge is -2.28. The third-order valence-corrected chi connectivity index (χ3v) is 6.17. The number of carbonyl (C=O) groups is 3. The summed E-state index contributed by atoms with van der Waals surface area (Å²) in [4.78, 5) is 38.0. The number of rotatable bonds is 10. The number of aliphatic hydroxyl groups is 1. The average Bonchev–Trinajstić information content (AvgIpc) is 3.39. The number of nitrogens with two attached hydrogens (primary N) is 1. The van der Waals surface area contributed by atoms with Gasteiger partial charge in [0.25, 0.3) is 5.91 Å². The van der Waals surface area contributed by atoms with Crippen molar-refractivity contribution in [2.24, 2.45) is 17.6 Å². The fourth-order valence-electron chi connectivity index (χ4n) is 4.52. The number of amides is 3. The Bertz CT molecular complexity index is 1120. The van der Waals surface area contributed by atoms with Gasteiger partial charge in [0, 0.05) is 17.8 Å². The van der Waals surface area contributed by atoms with Gasteiger partial charge in [-0.25, -0.2) is 0 Å². The molecule has 1 fully saturated rings. The van der Waals surface area contributed by atoms with E-state index in [0.717, 1.165) is 0 Å². The van der Waals surface area contributed by atoms with Crippen LogP contribution in [-0.2, 0) is 9.59 Å². The van der Waals surface area contributed by atoms with Crippen LogP contribution < -0.4 is 21.1 Å². The van der Waals surface area contributed by atoms with E-state index in [1.807, 2.05) is 13.8 Å². The lowest BCUT2D eigenvalue weighted by atomic mass is 9.94. The molecule has 5 N–H and O–H groups in total. The van der Waals surface area contributed by atoms with E-state index < -0.39 is 35.9 Å². The van der Waals surface area contributed by atoms with Gasteiger partial charge in [-0.15, -0.1) is 0 Å². The second kappa shape index (κ2) is 10.6. The molecule has 1 unspecified atom stereocenters. The largest absolute Gasteiger partial charge is 0.496 e. The summed E-state index contributed by atoms with van der Waals surface area (Å²) in [6.07, 6.45) is -0.433. The highest BCUT2D eigenvalue weighted by Gasteiger charge is 2.34. The number of primary amides is 1. The summed E-state index contributed by atoms with van der Waals surface area (Å²) in [5.41, 5.74) is 6.42. The molecule has 1 aliphatic rings. The van der Waals surface area contributed by atoms with Gasteiger partial charge in [-0.05, 0) is 43.4 Å². The number of ether oxygens (including phenoxy) is 1. The predicted molar refractivity (Wildman–Crippen MR) is 125 cm³/mol. The summed E-state index contributed by atoms with van der Waals surface area (Å²) in [6.45, 7) is 4.41. The van der Waals surface area contributed by atoms with Crippen LogP contribution in [0.5, 0.6) is 5.75 Å². The first-order valence-electron chi connectivity index (χ1n) is 11.3. The molecule has 1 saturated heterocycles. The maximum absolute atomic E-state index is 13.6. The third-order valence-electron chi connectivity index (χ3n) is 6.17. The first kappa shape index (κ1) is 25.1. The van der Waals surface area contributed by atoms with Crippen LogP contribution in [0.4, 0.5) is 0 Å². The Hall–Kier alpha value is -3.58. The van der Waals surface area contributed by atoms with Gasteiger partial charge in [-0.2, -0.15) is 5.26 Å². The minimum atomic E-state index is -1.49. The van der Waals surface area contributed by atoms with Crippen molar-refractivity contribution in [1.29, 1.82) is 5.26 Å². The van der Waals surface area contributed by atoms with E-state index >= 15 is 0 Å². The molecular weight excluding hydrogens is 438 g/mol. The number of hydrogen-bond donors (Lipinski definition) is 4. The molecule has 1 aliphatic heterocycles. The molecule has 3 amide bonds. The molecule has 2 heterocycles. The van der Waals surface area contributed by atoms with Crippen molar-refractivity contribution >= 4 is 28.6 Å². The SMILES string of the molecule is COc1cccc2c1cc(C(N)=O)n2[C@@H](CC(C)C)C(=O)N[C@@H](C[C@@H]1CCNC1=O)C(O)C#N. The number of aromatic nitrogens is 1. The van der Waals surface area contributed by atoms with Crippen LogP contribution in [0.25, 0.3) is 10.9 Å². The lowest BCUT2D eigenvalue weighted by Crippen LogP contribution is -2.47. The molecular formula is C24H31N5O5. The van der Waals surface area contributed by atoms with E-state index in [9.17, 15) is 24.8 Å². The van der Waals surface area contributed by atoms with E-state index in [4.69, 9.17) is 10.5 Å². The van der Waals surface area contributed by atoms with Crippen molar-refractivity contribution < 1.29 is 24.2 Å². The van der Waals surface area contributed by atoms with E-state index in [0.29, 0.717) is 36.0 Å². The average molecular weight is 470 g/mol. The van der Waals surface area contributed by atoms with Crippen LogP contribution >= 0.6 is 0 Å². The van der Waals surface area contributed by atoms with Gasteiger partial charge in [0.05, 0.1) is 24.7 Å². The summed E-state index contributed by atoms with van der Waals surface area (Å²) in [6, 6.07) is 6.84. The van der Waals surface area contributed by atoms with Crippen molar-refractivity contribution in [2.45, 2.75) is 51.3 Å². The van der Waals surface area contributed by atoms with Crippen molar-refractivity contribution in [3.05, 3.63) is 30.0 Å². The molecule has 0 saturated carbocycles. The number of fused-ring (bicyclic) bond motifs is 1. The summed E-state index contributed by atoms with van der Waals surface area (Å²) < 4.78 is 7.01. The maximum Gasteiger partial charge on any atom is 0.265 e. The van der Waals surface area contributed by atoms with Crippen LogP contribution in [0.15, 0.2) is 24.3 Å². The number of nitrogens with zero attached hydrogens (tertiary/aromatic N) is 2. The summed E-state index contributed by atoms with van der Waals surface area (Å²) in [5, 5.41) is 25.7. The smallest absolute Gasteiger partial charge is 0.265 e. The quantitative estimate of drug-likeness (QED) is 0.383. The second-order valence-corrected chi connectivity index (χ2v) is 9.00. The number of methoxy groups -OCH3 is 1. The van der Waals surface area contributed by atoms with Gasteiger partial charge >= 0.3 is 0 Å². The number of nitrogens with one attached hydrogen (secondary N) is 2. The fraction of sp³-hybridized carbons (Fsp3) is 0.500. The Morgan fingerprint density at radius 1 is 1.41 bits per heavy atom. The van der Waals surface area contributed by atoms with Crippen LogP contribution in [-0.4, -0.2) is 53.2 Å². The maximum atomic E-state index is 13.6. The zero-order valence-electron chi connectivity index (χ0n) is 19.6. The lowest BCUT2D eigenvalue weighted by molar-refractivity contribution is -0.127. The highest BCUT2D eigenvalue weighted by atomic mass is 16.5. The van der Waals surface area contributed by atoms with Crippen LogP contribution in [0.3, 0.4) is 0 Å². The molecule has 0 aliphatic carbocycles. The van der Waals surface area contributed by atoms with Crippen LogP contribution in [0.1, 0.15) is 49.6 Å². The zero-order valence-corrected chi connectivity index (χ0v) is 19.6. The first-order chi connectivity index (χ1) is 16.2. The Balaban J connectivity index is 2.02. The molecule has 3 rings (SSSR count). The number of nitriles is 1. The Morgan fingerprint density at radius 2 is 2.15 bits per heavy atom. The van der Waals surface area contributed by atoms with Crippen molar-refractivity contribution in [3.63, 3.8) is 0 Å². The van der Waals surface area contributed by atoms with Gasteiger partial charge in [0.15, 0.2) is 6.10 Å². The molecule has 0 bridgehead atoms. The number of hydrogen-bond acceptors (Lipinski definition) is 6. The van der Waals surface area contributed by atoms with E-state index in [1.165, 1.54) is 7.11 Å². The summed E-state index contributed by atoms with van der Waals surface area (Å²) in [7, 11) is 1.52. The molecule has 182 valence electrons. The third kappa shape index (κ3) is 5.15. The number of carbonyl (C=O) groups excluding carboxylic acids is 3. The standard InChI is InChI=1S/C24H31N5O5/c1-13(2)9-19(24(33)28-16(20(30)12-25)10-14-7-8-27-23(14)32)29-17-5-4-6-21(34-3)15(17)11-18(29)22(26)31/h4-6,11,13-14,16,19-20,30H,7-10H2,1-3H3,(H2,26,31)(H,27,32)(H,28,33)/t14-,16-,19-,20?/m0/s1. The van der Waals surface area contributed by atoms with Crippen LogP contribution in [0, 0.1) is 23.2 Å². The van der Waals surface area contributed by atoms with Crippen molar-refractivity contribution in [3.8, 4) is 11.8 Å². The molecule has 1 aromatic carbocycles. The fourth-order valence-corrected chi connectivity index (χ4v) is 4.52. The number of aliphatic hydroxyl groups excluding tert-OH is 1. The molecule has 1 aromatic heterocycles. The molecule has 10 nitrogen and oxygen atoms in total. The molecule has 2 aromatic rings. The minimum absolute atomic E-state index is 0.0690. The summed E-state index contributed by atoms with van der Waals surface area (Å²) in [5.74, 6) is -1.14. The van der Waals surface area contributed by atoms with Gasteiger partial charge in [-0.3, -0.25) is 14.4 Å². The molecule has 34 heavy (non-hydrogen) atoms. The minimum Gasteiger partial charge on any atom is -0.496 e. The van der Waals surface area contributed by atoms with Crippen LogP contribution in [0.2, 0.25) is 0 Å². The highest BCUT2D eigenvalue weighted by Crippen LogP contribution is 2.33. The zero-order chi connectivity index (χ0) is 25.0. The van der Waals surface area contributed by atoms with E-state index in [-0.39, 0.29) is 23.9 Å². The summed E-state index contributed by atoms with van der Waals surface area (Å²) >= 11 is 0. The van der Waals surface area contributed by atoms with E-state index in [1.54, 1.807) is 34.9 Å². The monoisotopic (exact) mass is 469 g/mol. The normalized spacial score (nSPS) is 18.2. The topological polar surface area (TPSA) is 159 Å². The highest BCUT2D eigenvalue weighted by molar-refractivity contribution is 6.01. The van der Waals surface area contributed by atoms with Crippen molar-refractivity contribution in [2.75, 3.05) is 13.7 Å². The van der Waals surface area contributed by atoms with Gasteiger partial charge < -0.3 is 30.8 Å². The Kier molecular flexibility index (Phi) is 7.79. The second-order valence-electron chi connectivity index (χ2n) is 9.00. The molecule has 0 radical (unpaired) electrons. The molecule has 0 spiro atoms. The predicted octanol–water partition coefficient (Wildman–Crippen LogP) is 1.23. The number of benzene rings is 1. The van der Waals surface area contributed by atoms with Gasteiger partial charge in [-0.1, -0.05) is 19.9 Å². The molecule has 10 heteroatoms. The molecule has 4 atom stereocenters. The van der Waals surface area contributed by atoms with E-state index in [2.05, 4.69) is 10.6 Å². The first-order valence-corrected chi connectivity index (χ1v) is 11.3. The Morgan fingerprint density at radius 3 is 2.71 bits per heavy atom. The van der Waals surface area contributed by atoms with Gasteiger partial charge in [0.2, 0.25) is 11.8 Å².